The Labute approximate surface area is 308 Å². The molecule has 2 heterocycles. The number of ketones is 1. The molecule has 0 amide bonds. The van der Waals surface area contributed by atoms with Gasteiger partial charge in [-0.3, -0.25) is 4.79 Å². The zero-order valence-electron chi connectivity index (χ0n) is 29.3. The Morgan fingerprint density at radius 1 is 1.20 bits per heavy atom. The van der Waals surface area contributed by atoms with Crippen LogP contribution in [0.15, 0.2) is 38.3 Å². The first-order valence-corrected chi connectivity index (χ1v) is 21.6. The van der Waals surface area contributed by atoms with E-state index in [4.69, 9.17) is 31.0 Å². The Morgan fingerprint density at radius 3 is 2.53 bits per heavy atom. The number of aliphatic hydroxyl groups is 1. The molecule has 4 aliphatic carbocycles. The van der Waals surface area contributed by atoms with Gasteiger partial charge in [-0.15, -0.1) is 11.3 Å². The second-order valence-electron chi connectivity index (χ2n) is 14.5. The van der Waals surface area contributed by atoms with Crippen molar-refractivity contribution in [2.45, 2.75) is 105 Å². The lowest BCUT2D eigenvalue weighted by Crippen LogP contribution is -2.62. The van der Waals surface area contributed by atoms with Gasteiger partial charge in [-0.05, 0) is 89.0 Å². The molecule has 3 saturated carbocycles. The number of hydrogen-bond acceptors (Lipinski definition) is 13. The van der Waals surface area contributed by atoms with Crippen molar-refractivity contribution in [1.82, 2.24) is 5.32 Å². The zero-order valence-corrected chi connectivity index (χ0v) is 32.6. The van der Waals surface area contributed by atoms with E-state index in [2.05, 4.69) is 12.2 Å². The van der Waals surface area contributed by atoms with Crippen LogP contribution in [-0.2, 0) is 43.7 Å². The molecule has 1 aromatic rings. The highest BCUT2D eigenvalue weighted by molar-refractivity contribution is 7.95. The number of ether oxygens (including phenoxy) is 3. The lowest BCUT2D eigenvalue weighted by atomic mass is 9.46. The molecule has 5 aliphatic rings. The Balaban J connectivity index is 0.000000226. The number of nitrogens with two attached hydrogens (primary N) is 1. The third-order valence-electron chi connectivity index (χ3n) is 11.8. The highest BCUT2D eigenvalue weighted by atomic mass is 35.5. The van der Waals surface area contributed by atoms with Crippen LogP contribution in [0.1, 0.15) is 84.7 Å². The summed E-state index contributed by atoms with van der Waals surface area (Å²) in [5, 5.41) is 19.2. The fourth-order valence-corrected chi connectivity index (χ4v) is 14.0. The summed E-state index contributed by atoms with van der Waals surface area (Å²) in [6.45, 7) is 10.0. The number of sulfone groups is 1. The summed E-state index contributed by atoms with van der Waals surface area (Å²) in [5.74, 6) is -0.676. The number of thiophene rings is 1. The normalized spacial score (nSPS) is 36.2. The van der Waals surface area contributed by atoms with Gasteiger partial charge in [0.1, 0.15) is 8.42 Å². The highest BCUT2D eigenvalue weighted by Gasteiger charge is 2.71. The van der Waals surface area contributed by atoms with E-state index in [-0.39, 0.29) is 63.5 Å². The number of rotatable bonds is 7. The van der Waals surface area contributed by atoms with Crippen LogP contribution >= 0.6 is 22.9 Å². The predicted molar refractivity (Wildman–Crippen MR) is 189 cm³/mol. The predicted octanol–water partition coefficient (Wildman–Crippen LogP) is 4.53. The summed E-state index contributed by atoms with van der Waals surface area (Å²) < 4.78 is 63.2. The van der Waals surface area contributed by atoms with Crippen molar-refractivity contribution >= 4 is 60.7 Å². The fraction of sp³-hybridized carbons (Fsp3) is 0.676. The number of esters is 1. The van der Waals surface area contributed by atoms with Crippen LogP contribution < -0.4 is 10.5 Å². The molecule has 51 heavy (non-hydrogen) atoms. The molecule has 284 valence electrons. The molecule has 0 bridgehead atoms. The second-order valence-corrected chi connectivity index (χ2v) is 20.1. The van der Waals surface area contributed by atoms with Crippen molar-refractivity contribution in [3.8, 4) is 0 Å². The van der Waals surface area contributed by atoms with Crippen LogP contribution in [0.3, 0.4) is 0 Å². The van der Waals surface area contributed by atoms with Crippen molar-refractivity contribution in [3.05, 3.63) is 35.4 Å². The Kier molecular flexibility index (Phi) is 11.3. The number of halogens is 1. The molecule has 3 fully saturated rings. The topological polar surface area (TPSA) is 205 Å². The van der Waals surface area contributed by atoms with Gasteiger partial charge in [0.05, 0.1) is 18.0 Å². The Morgan fingerprint density at radius 2 is 1.90 bits per heavy atom. The molecule has 0 saturated heterocycles. The summed E-state index contributed by atoms with van der Waals surface area (Å²) in [5.41, 5.74) is -1.24. The fourth-order valence-electron chi connectivity index (χ4n) is 9.49. The molecule has 1 aromatic heterocycles. The Hall–Kier alpha value is -2.34. The summed E-state index contributed by atoms with van der Waals surface area (Å²) in [7, 11) is -7.33. The van der Waals surface area contributed by atoms with Gasteiger partial charge in [-0.1, -0.05) is 44.0 Å². The van der Waals surface area contributed by atoms with E-state index < -0.39 is 59.8 Å². The van der Waals surface area contributed by atoms with Crippen LogP contribution in [-0.4, -0.2) is 76.0 Å². The van der Waals surface area contributed by atoms with Gasteiger partial charge in [0.2, 0.25) is 15.6 Å². The number of sulfonamides is 1. The molecule has 0 aromatic carbocycles. The van der Waals surface area contributed by atoms with Crippen molar-refractivity contribution in [1.29, 1.82) is 0 Å². The smallest absolute Gasteiger partial charge is 0.446 e. The Bertz CT molecular complexity index is 1840. The monoisotopic (exact) mass is 790 g/mol. The van der Waals surface area contributed by atoms with E-state index in [1.165, 1.54) is 6.07 Å². The number of aliphatic hydroxyl groups excluding tert-OH is 1. The molecule has 6 rings (SSSR count). The minimum absolute atomic E-state index is 0.0161. The molecule has 4 N–H and O–H groups in total. The summed E-state index contributed by atoms with van der Waals surface area (Å²) in [6, 6.07) is 0.879. The van der Waals surface area contributed by atoms with Crippen molar-refractivity contribution in [3.63, 3.8) is 0 Å². The molecule has 0 unspecified atom stereocenters. The average molecular weight is 791 g/mol. The number of primary sulfonamides is 1. The largest absolute Gasteiger partial charge is 0.509 e. The number of allylic oxidation sites excluding steroid dienone is 4. The van der Waals surface area contributed by atoms with E-state index in [1.807, 2.05) is 19.9 Å². The molecule has 9 atom stereocenters. The number of carbonyl (C=O) groups excluding carboxylic acids is 3. The molecule has 13 nitrogen and oxygen atoms in total. The standard InChI is InChI=1S/C24H31ClO7.C10H16N2O4S3/c1-4-30-21(29)32-24(20(28)31-13-25)10-8-17-16-6-5-14-11-15(26)7-9-22(14,2)19(16)18(27)12-23(17,24)3;1-3-12-8-4-6(2)18(13,14)10-7(8)5-9(17-10)19(11,15)16/h7,9,11,16-19,27H,4-6,8,10,12-13H2,1-3H3;5-6,8,12H,3-4H2,1-2H3,(H2,11,15,16)/t16-,17-,18-,19+,22-,23-,24-;6-,8-/m00/s1. The van der Waals surface area contributed by atoms with Gasteiger partial charge in [0.15, 0.2) is 21.7 Å². The zero-order chi connectivity index (χ0) is 37.7. The van der Waals surface area contributed by atoms with E-state index in [0.29, 0.717) is 24.9 Å². The summed E-state index contributed by atoms with van der Waals surface area (Å²) >= 11 is 6.44. The van der Waals surface area contributed by atoms with Gasteiger partial charge in [0, 0.05) is 28.4 Å². The highest BCUT2D eigenvalue weighted by Crippen LogP contribution is 2.68. The molecule has 0 spiro atoms. The number of nitrogens with one attached hydrogen (secondary N) is 1. The SMILES string of the molecule is CCN[C@H]1C[C@H](C)S(=O)(=O)c2sc(S(N)(=O)=O)cc21.CCOC(=O)O[C@]1(C(=O)OCCl)CC[C@H]2[C@@H]3CCC4=CC(=O)C=C[C@]4(C)[C@H]3[C@@H](O)C[C@@]21C. The van der Waals surface area contributed by atoms with Gasteiger partial charge in [0.25, 0.3) is 0 Å². The minimum Gasteiger partial charge on any atom is -0.446 e. The quantitative estimate of drug-likeness (QED) is 0.258. The number of alkyl halides is 1. The van der Waals surface area contributed by atoms with Gasteiger partial charge in [-0.25, -0.2) is 31.6 Å². The van der Waals surface area contributed by atoms with Gasteiger partial charge in [-0.2, -0.15) is 0 Å². The van der Waals surface area contributed by atoms with Gasteiger partial charge >= 0.3 is 12.1 Å². The molecule has 0 radical (unpaired) electrons. The van der Waals surface area contributed by atoms with Crippen LogP contribution in [0.25, 0.3) is 0 Å². The van der Waals surface area contributed by atoms with Crippen LogP contribution in [0, 0.1) is 28.6 Å². The van der Waals surface area contributed by atoms with E-state index in [9.17, 15) is 36.3 Å². The van der Waals surface area contributed by atoms with Gasteiger partial charge < -0.3 is 24.6 Å². The molecule has 17 heteroatoms. The molecule has 1 aliphatic heterocycles. The number of fused-ring (bicyclic) bond motifs is 6. The molecular weight excluding hydrogens is 744 g/mol. The molecular formula is C34H47ClN2O11S3. The van der Waals surface area contributed by atoms with E-state index in [0.717, 1.165) is 29.8 Å². The van der Waals surface area contributed by atoms with Crippen LogP contribution in [0.2, 0.25) is 0 Å². The first-order valence-electron chi connectivity index (χ1n) is 17.2. The first kappa shape index (κ1) is 39.9. The second kappa shape index (κ2) is 14.5. The number of carbonyl (C=O) groups is 3. The third-order valence-corrected chi connectivity index (χ3v) is 17.2. The lowest BCUT2D eigenvalue weighted by Gasteiger charge is -2.59. The van der Waals surface area contributed by atoms with Crippen molar-refractivity contribution < 1.29 is 50.5 Å². The van der Waals surface area contributed by atoms with Crippen LogP contribution in [0.5, 0.6) is 0 Å². The van der Waals surface area contributed by atoms with E-state index in [1.54, 1.807) is 26.0 Å². The maximum Gasteiger partial charge on any atom is 0.509 e. The number of hydrogen-bond donors (Lipinski definition) is 3. The summed E-state index contributed by atoms with van der Waals surface area (Å²) in [4.78, 5) is 37.5. The van der Waals surface area contributed by atoms with Crippen LogP contribution in [0.4, 0.5) is 4.79 Å². The van der Waals surface area contributed by atoms with Crippen molar-refractivity contribution in [2.75, 3.05) is 19.2 Å². The maximum atomic E-state index is 13.2. The minimum atomic E-state index is -3.88. The lowest BCUT2D eigenvalue weighted by molar-refractivity contribution is -0.199. The third kappa shape index (κ3) is 6.82. The summed E-state index contributed by atoms with van der Waals surface area (Å²) in [6.07, 6.45) is 6.74. The maximum absolute atomic E-state index is 13.2. The average Bonchev–Trinajstić information content (AvgIpc) is 3.63. The van der Waals surface area contributed by atoms with Crippen molar-refractivity contribution in [2.24, 2.45) is 33.7 Å². The van der Waals surface area contributed by atoms with E-state index >= 15 is 0 Å². The first-order chi connectivity index (χ1) is 23.8.